The van der Waals surface area contributed by atoms with Gasteiger partial charge in [-0.2, -0.15) is 0 Å². The molecule has 1 atom stereocenters. The highest BCUT2D eigenvalue weighted by Crippen LogP contribution is 2.31. The van der Waals surface area contributed by atoms with Gasteiger partial charge in [-0.05, 0) is 51.4 Å². The molecule has 4 heteroatoms. The Kier molecular flexibility index (Phi) is 6.49. The maximum atomic E-state index is 10.4. The van der Waals surface area contributed by atoms with Crippen LogP contribution in [0.1, 0.15) is 45.8 Å². The minimum absolute atomic E-state index is 0.117. The summed E-state index contributed by atoms with van der Waals surface area (Å²) < 4.78 is 10.5. The van der Waals surface area contributed by atoms with Crippen molar-refractivity contribution < 1.29 is 14.6 Å². The lowest BCUT2D eigenvalue weighted by molar-refractivity contribution is 0.0995. The van der Waals surface area contributed by atoms with Crippen molar-refractivity contribution in [1.82, 2.24) is 4.90 Å². The van der Waals surface area contributed by atoms with Gasteiger partial charge in [-0.25, -0.2) is 0 Å². The fourth-order valence-corrected chi connectivity index (χ4v) is 2.47. The number of nitrogens with zero attached hydrogens (tertiary/aromatic N) is 1. The van der Waals surface area contributed by atoms with Crippen molar-refractivity contribution >= 4 is 0 Å². The van der Waals surface area contributed by atoms with Crippen LogP contribution in [0.4, 0.5) is 0 Å². The molecule has 1 N–H and O–H groups in total. The number of hydrogen-bond donors (Lipinski definition) is 1. The number of ether oxygens (including phenoxy) is 2. The summed E-state index contributed by atoms with van der Waals surface area (Å²) in [4.78, 5) is 2.36. The van der Waals surface area contributed by atoms with Crippen molar-refractivity contribution in [2.24, 2.45) is 0 Å². The molecule has 1 aromatic rings. The van der Waals surface area contributed by atoms with Gasteiger partial charge in [0, 0.05) is 12.1 Å². The highest BCUT2D eigenvalue weighted by Gasteiger charge is 2.21. The van der Waals surface area contributed by atoms with Gasteiger partial charge in [0.2, 0.25) is 0 Å². The van der Waals surface area contributed by atoms with Crippen molar-refractivity contribution in [3.8, 4) is 11.5 Å². The zero-order valence-electron chi connectivity index (χ0n) is 14.1. The molecule has 0 amide bonds. The molecule has 0 heterocycles. The molecular weight excluding hydrogens is 266 g/mol. The molecule has 0 aliphatic rings. The van der Waals surface area contributed by atoms with Gasteiger partial charge in [0.15, 0.2) is 11.5 Å². The maximum Gasteiger partial charge on any atom is 0.161 e. The molecule has 4 nitrogen and oxygen atoms in total. The van der Waals surface area contributed by atoms with Crippen molar-refractivity contribution in [2.75, 3.05) is 27.3 Å². The van der Waals surface area contributed by atoms with E-state index in [0.29, 0.717) is 17.9 Å². The van der Waals surface area contributed by atoms with Crippen molar-refractivity contribution in [2.45, 2.75) is 45.8 Å². The Morgan fingerprint density at radius 2 is 1.76 bits per heavy atom. The zero-order valence-corrected chi connectivity index (χ0v) is 14.1. The smallest absolute Gasteiger partial charge is 0.161 e. The summed E-state index contributed by atoms with van der Waals surface area (Å²) in [6.45, 7) is 10.6. The Morgan fingerprint density at radius 1 is 1.14 bits per heavy atom. The Bertz CT molecular complexity index is 440. The third kappa shape index (κ3) is 4.90. The maximum absolute atomic E-state index is 10.4. The summed E-state index contributed by atoms with van der Waals surface area (Å²) in [6.07, 6.45) is 0.196. The van der Waals surface area contributed by atoms with E-state index in [1.807, 2.05) is 18.2 Å². The van der Waals surface area contributed by atoms with E-state index in [4.69, 9.17) is 9.47 Å². The molecular formula is C17H29NO3. The summed E-state index contributed by atoms with van der Waals surface area (Å²) in [5, 5.41) is 10.4. The first-order chi connectivity index (χ1) is 9.83. The van der Waals surface area contributed by atoms with Crippen LogP contribution in [0.15, 0.2) is 18.2 Å². The number of hydrogen-bond acceptors (Lipinski definition) is 4. The lowest BCUT2D eigenvalue weighted by atomic mass is 10.0. The predicted molar refractivity (Wildman–Crippen MR) is 86.1 cm³/mol. The predicted octanol–water partition coefficient (Wildman–Crippen LogP) is 3.25. The molecule has 0 saturated heterocycles. The van der Waals surface area contributed by atoms with Crippen molar-refractivity contribution in [1.29, 1.82) is 0 Å². The van der Waals surface area contributed by atoms with Gasteiger partial charge < -0.3 is 14.6 Å². The minimum atomic E-state index is -0.499. The summed E-state index contributed by atoms with van der Waals surface area (Å²) in [7, 11) is 3.21. The molecule has 1 aromatic carbocycles. The Hall–Kier alpha value is -1.26. The Labute approximate surface area is 128 Å². The normalized spacial score (nSPS) is 13.3. The van der Waals surface area contributed by atoms with Crippen molar-refractivity contribution in [3.05, 3.63) is 23.8 Å². The van der Waals surface area contributed by atoms with Crippen LogP contribution in [-0.2, 0) is 0 Å². The number of aliphatic hydroxyl groups excluding tert-OH is 1. The van der Waals surface area contributed by atoms with E-state index in [1.165, 1.54) is 0 Å². The van der Waals surface area contributed by atoms with E-state index in [-0.39, 0.29) is 5.54 Å². The highest BCUT2D eigenvalue weighted by molar-refractivity contribution is 5.43. The molecule has 120 valence electrons. The van der Waals surface area contributed by atoms with E-state index in [0.717, 1.165) is 18.7 Å². The van der Waals surface area contributed by atoms with Crippen molar-refractivity contribution in [3.63, 3.8) is 0 Å². The second-order valence-electron chi connectivity index (χ2n) is 6.17. The molecule has 0 spiro atoms. The van der Waals surface area contributed by atoms with Crippen LogP contribution in [0.5, 0.6) is 11.5 Å². The summed E-state index contributed by atoms with van der Waals surface area (Å²) in [5.74, 6) is 1.33. The highest BCUT2D eigenvalue weighted by atomic mass is 16.5. The molecule has 0 aliphatic heterocycles. The molecule has 0 aromatic heterocycles. The fraction of sp³-hybridized carbons (Fsp3) is 0.647. The Morgan fingerprint density at radius 3 is 2.24 bits per heavy atom. The van der Waals surface area contributed by atoms with Gasteiger partial charge >= 0.3 is 0 Å². The third-order valence-corrected chi connectivity index (χ3v) is 3.80. The van der Waals surface area contributed by atoms with Gasteiger partial charge in [0.1, 0.15) is 0 Å². The van der Waals surface area contributed by atoms with E-state index in [2.05, 4.69) is 32.6 Å². The molecule has 1 unspecified atom stereocenters. The molecule has 21 heavy (non-hydrogen) atoms. The quantitative estimate of drug-likeness (QED) is 0.838. The second kappa shape index (κ2) is 7.66. The standard InChI is InChI=1S/C17H29NO3/c1-7-18(17(2,3)4)11-10-14(19)13-8-9-15(20-5)16(12-13)21-6/h8-9,12,14,19H,7,10-11H2,1-6H3. The van der Waals surface area contributed by atoms with Crippen LogP contribution >= 0.6 is 0 Å². The summed E-state index contributed by atoms with van der Waals surface area (Å²) in [5.41, 5.74) is 0.976. The minimum Gasteiger partial charge on any atom is -0.493 e. The van der Waals surface area contributed by atoms with Crippen LogP contribution in [0, 0.1) is 0 Å². The summed E-state index contributed by atoms with van der Waals surface area (Å²) in [6, 6.07) is 5.56. The second-order valence-corrected chi connectivity index (χ2v) is 6.17. The van der Waals surface area contributed by atoms with E-state index < -0.39 is 6.10 Å². The molecule has 0 radical (unpaired) electrons. The number of rotatable bonds is 7. The van der Waals surface area contributed by atoms with Gasteiger partial charge in [0.25, 0.3) is 0 Å². The molecule has 0 saturated carbocycles. The van der Waals surface area contributed by atoms with Crippen LogP contribution < -0.4 is 9.47 Å². The number of benzene rings is 1. The average Bonchev–Trinajstić information content (AvgIpc) is 2.45. The fourth-order valence-electron chi connectivity index (χ4n) is 2.47. The Balaban J connectivity index is 2.73. The topological polar surface area (TPSA) is 41.9 Å². The van der Waals surface area contributed by atoms with E-state index in [9.17, 15) is 5.11 Å². The first-order valence-electron chi connectivity index (χ1n) is 7.48. The lowest BCUT2D eigenvalue weighted by Crippen LogP contribution is -2.42. The van der Waals surface area contributed by atoms with Crippen LogP contribution in [-0.4, -0.2) is 42.9 Å². The van der Waals surface area contributed by atoms with E-state index >= 15 is 0 Å². The molecule has 1 rings (SSSR count). The SMILES string of the molecule is CCN(CCC(O)c1ccc(OC)c(OC)c1)C(C)(C)C. The van der Waals surface area contributed by atoms with Gasteiger partial charge in [-0.15, -0.1) is 0 Å². The molecule has 0 bridgehead atoms. The number of methoxy groups -OCH3 is 2. The largest absolute Gasteiger partial charge is 0.493 e. The summed E-state index contributed by atoms with van der Waals surface area (Å²) >= 11 is 0. The first-order valence-corrected chi connectivity index (χ1v) is 7.48. The monoisotopic (exact) mass is 295 g/mol. The van der Waals surface area contributed by atoms with Crippen LogP contribution in [0.3, 0.4) is 0 Å². The van der Waals surface area contributed by atoms with Gasteiger partial charge in [0.05, 0.1) is 20.3 Å². The number of aliphatic hydroxyl groups is 1. The molecule has 0 fully saturated rings. The van der Waals surface area contributed by atoms with Gasteiger partial charge in [-0.1, -0.05) is 13.0 Å². The zero-order chi connectivity index (χ0) is 16.0. The lowest BCUT2D eigenvalue weighted by Gasteiger charge is -2.35. The first kappa shape index (κ1) is 17.8. The van der Waals surface area contributed by atoms with Crippen LogP contribution in [0.25, 0.3) is 0 Å². The van der Waals surface area contributed by atoms with E-state index in [1.54, 1.807) is 14.2 Å². The third-order valence-electron chi connectivity index (χ3n) is 3.80. The van der Waals surface area contributed by atoms with Gasteiger partial charge in [-0.3, -0.25) is 4.90 Å². The average molecular weight is 295 g/mol. The molecule has 0 aliphatic carbocycles. The van der Waals surface area contributed by atoms with Crippen LogP contribution in [0.2, 0.25) is 0 Å².